The van der Waals surface area contributed by atoms with Gasteiger partial charge in [0.15, 0.2) is 0 Å². The third-order valence-electron chi connectivity index (χ3n) is 3.72. The summed E-state index contributed by atoms with van der Waals surface area (Å²) < 4.78 is 2.29. The molecule has 0 heterocycles. The van der Waals surface area contributed by atoms with Crippen LogP contribution in [0.15, 0.2) is 45.3 Å². The van der Waals surface area contributed by atoms with Crippen LogP contribution in [0.3, 0.4) is 0 Å². The summed E-state index contributed by atoms with van der Waals surface area (Å²) in [6, 6.07) is 13.5. The predicted molar refractivity (Wildman–Crippen MR) is 97.9 cm³/mol. The van der Waals surface area contributed by atoms with Crippen molar-refractivity contribution in [3.8, 4) is 0 Å². The van der Waals surface area contributed by atoms with Crippen LogP contribution in [-0.2, 0) is 6.42 Å². The van der Waals surface area contributed by atoms with Crippen LogP contribution in [0.4, 0.5) is 0 Å². The monoisotopic (exact) mass is 409 g/mol. The minimum Gasteiger partial charge on any atom is -0.306 e. The molecular weight excluding hydrogens is 390 g/mol. The van der Waals surface area contributed by atoms with Gasteiger partial charge in [-0.05, 0) is 54.3 Å². The maximum absolute atomic E-state index is 3.72. The number of halogens is 2. The first-order valence-electron chi connectivity index (χ1n) is 7.34. The SMILES string of the molecule is CCNC(c1ccc(CC)cc1)c1cc(Br)c(C)cc1Br. The Morgan fingerprint density at radius 2 is 1.67 bits per heavy atom. The fourth-order valence-electron chi connectivity index (χ4n) is 2.44. The minimum atomic E-state index is 0.201. The molecule has 0 fully saturated rings. The molecule has 0 bridgehead atoms. The van der Waals surface area contributed by atoms with Crippen molar-refractivity contribution in [2.45, 2.75) is 33.2 Å². The summed E-state index contributed by atoms with van der Waals surface area (Å²) in [6.07, 6.45) is 1.08. The van der Waals surface area contributed by atoms with Gasteiger partial charge in [0.2, 0.25) is 0 Å². The lowest BCUT2D eigenvalue weighted by atomic mass is 9.96. The van der Waals surface area contributed by atoms with Gasteiger partial charge in [0.25, 0.3) is 0 Å². The first-order chi connectivity index (χ1) is 10.1. The summed E-state index contributed by atoms with van der Waals surface area (Å²) in [4.78, 5) is 0. The highest BCUT2D eigenvalue weighted by Gasteiger charge is 2.17. The second-order valence-electron chi connectivity index (χ2n) is 5.21. The van der Waals surface area contributed by atoms with Crippen LogP contribution in [0.2, 0.25) is 0 Å². The van der Waals surface area contributed by atoms with E-state index in [2.05, 4.69) is 94.3 Å². The lowest BCUT2D eigenvalue weighted by molar-refractivity contribution is 0.628. The fourth-order valence-corrected chi connectivity index (χ4v) is 3.49. The lowest BCUT2D eigenvalue weighted by Gasteiger charge is -2.21. The molecule has 0 aliphatic heterocycles. The smallest absolute Gasteiger partial charge is 0.0588 e. The van der Waals surface area contributed by atoms with Crippen molar-refractivity contribution in [2.75, 3.05) is 6.54 Å². The highest BCUT2D eigenvalue weighted by molar-refractivity contribution is 9.11. The summed E-state index contributed by atoms with van der Waals surface area (Å²) in [6.45, 7) is 7.37. The standard InChI is InChI=1S/C18H21Br2N/c1-4-13-6-8-14(9-7-13)18(21-5-2)15-11-16(19)12(3)10-17(15)20/h6-11,18,21H,4-5H2,1-3H3. The Bertz CT molecular complexity index is 605. The second kappa shape index (κ2) is 7.57. The fraction of sp³-hybridized carbons (Fsp3) is 0.333. The number of nitrogens with one attached hydrogen (secondary N) is 1. The lowest BCUT2D eigenvalue weighted by Crippen LogP contribution is -2.22. The van der Waals surface area contributed by atoms with E-state index in [9.17, 15) is 0 Å². The average Bonchev–Trinajstić information content (AvgIpc) is 2.49. The Morgan fingerprint density at radius 3 is 2.24 bits per heavy atom. The van der Waals surface area contributed by atoms with E-state index in [4.69, 9.17) is 0 Å². The molecule has 112 valence electrons. The van der Waals surface area contributed by atoms with Crippen molar-refractivity contribution in [1.29, 1.82) is 0 Å². The molecule has 0 amide bonds. The summed E-state index contributed by atoms with van der Waals surface area (Å²) >= 11 is 7.36. The summed E-state index contributed by atoms with van der Waals surface area (Å²) in [5, 5.41) is 3.59. The van der Waals surface area contributed by atoms with Crippen molar-refractivity contribution >= 4 is 31.9 Å². The quantitative estimate of drug-likeness (QED) is 0.658. The molecular formula is C18H21Br2N. The summed E-state index contributed by atoms with van der Waals surface area (Å²) in [7, 11) is 0. The minimum absolute atomic E-state index is 0.201. The van der Waals surface area contributed by atoms with Crippen LogP contribution in [-0.4, -0.2) is 6.54 Å². The van der Waals surface area contributed by atoms with Gasteiger partial charge >= 0.3 is 0 Å². The van der Waals surface area contributed by atoms with Gasteiger partial charge in [-0.1, -0.05) is 70.0 Å². The van der Waals surface area contributed by atoms with Crippen LogP contribution in [0, 0.1) is 6.92 Å². The molecule has 1 N–H and O–H groups in total. The Balaban J connectivity index is 2.44. The third kappa shape index (κ3) is 3.97. The summed E-state index contributed by atoms with van der Waals surface area (Å²) in [5.74, 6) is 0. The van der Waals surface area contributed by atoms with Crippen LogP contribution in [0.1, 0.15) is 42.1 Å². The zero-order valence-electron chi connectivity index (χ0n) is 12.7. The van der Waals surface area contributed by atoms with Crippen LogP contribution < -0.4 is 5.32 Å². The molecule has 0 spiro atoms. The van der Waals surface area contributed by atoms with E-state index in [1.54, 1.807) is 0 Å². The molecule has 0 saturated heterocycles. The Hall–Kier alpha value is -0.640. The average molecular weight is 411 g/mol. The van der Waals surface area contributed by atoms with Gasteiger partial charge in [0.05, 0.1) is 6.04 Å². The van der Waals surface area contributed by atoms with Crippen molar-refractivity contribution < 1.29 is 0 Å². The molecule has 0 aromatic heterocycles. The van der Waals surface area contributed by atoms with Crippen molar-refractivity contribution in [2.24, 2.45) is 0 Å². The molecule has 21 heavy (non-hydrogen) atoms. The van der Waals surface area contributed by atoms with E-state index in [0.29, 0.717) is 0 Å². The van der Waals surface area contributed by atoms with Gasteiger partial charge in [-0.2, -0.15) is 0 Å². The number of hydrogen-bond acceptors (Lipinski definition) is 1. The molecule has 3 heteroatoms. The van der Waals surface area contributed by atoms with Gasteiger partial charge < -0.3 is 5.32 Å². The van der Waals surface area contributed by atoms with Crippen LogP contribution in [0.25, 0.3) is 0 Å². The highest BCUT2D eigenvalue weighted by Crippen LogP contribution is 2.33. The third-order valence-corrected chi connectivity index (χ3v) is 5.26. The van der Waals surface area contributed by atoms with Gasteiger partial charge in [0, 0.05) is 8.95 Å². The topological polar surface area (TPSA) is 12.0 Å². The van der Waals surface area contributed by atoms with E-state index in [1.165, 1.54) is 22.3 Å². The van der Waals surface area contributed by atoms with E-state index in [-0.39, 0.29) is 6.04 Å². The Labute approximate surface area is 144 Å². The summed E-state index contributed by atoms with van der Waals surface area (Å²) in [5.41, 5.74) is 5.17. The number of aryl methyl sites for hydroxylation is 2. The van der Waals surface area contributed by atoms with E-state index >= 15 is 0 Å². The first-order valence-corrected chi connectivity index (χ1v) is 8.93. The number of benzene rings is 2. The second-order valence-corrected chi connectivity index (χ2v) is 6.92. The van der Waals surface area contributed by atoms with E-state index < -0.39 is 0 Å². The molecule has 2 aromatic carbocycles. The largest absolute Gasteiger partial charge is 0.306 e. The molecule has 0 radical (unpaired) electrons. The maximum Gasteiger partial charge on any atom is 0.0588 e. The van der Waals surface area contributed by atoms with Crippen LogP contribution >= 0.6 is 31.9 Å². The van der Waals surface area contributed by atoms with Gasteiger partial charge in [-0.15, -0.1) is 0 Å². The number of hydrogen-bond donors (Lipinski definition) is 1. The maximum atomic E-state index is 3.72. The highest BCUT2D eigenvalue weighted by atomic mass is 79.9. The zero-order valence-corrected chi connectivity index (χ0v) is 15.9. The van der Waals surface area contributed by atoms with Crippen molar-refractivity contribution in [1.82, 2.24) is 5.32 Å². The molecule has 0 saturated carbocycles. The Kier molecular flexibility index (Phi) is 6.03. The molecule has 2 rings (SSSR count). The van der Waals surface area contributed by atoms with Crippen LogP contribution in [0.5, 0.6) is 0 Å². The molecule has 0 aliphatic carbocycles. The normalized spacial score (nSPS) is 12.4. The predicted octanol–water partition coefficient (Wildman–Crippen LogP) is 5.78. The Morgan fingerprint density at radius 1 is 1.00 bits per heavy atom. The first kappa shape index (κ1) is 16.7. The van der Waals surface area contributed by atoms with Gasteiger partial charge in [-0.3, -0.25) is 0 Å². The molecule has 0 aliphatic rings. The van der Waals surface area contributed by atoms with Crippen molar-refractivity contribution in [3.63, 3.8) is 0 Å². The zero-order chi connectivity index (χ0) is 15.4. The van der Waals surface area contributed by atoms with E-state index in [1.807, 2.05) is 0 Å². The van der Waals surface area contributed by atoms with Crippen molar-refractivity contribution in [3.05, 3.63) is 67.6 Å². The molecule has 1 unspecified atom stereocenters. The molecule has 1 nitrogen and oxygen atoms in total. The number of rotatable bonds is 5. The van der Waals surface area contributed by atoms with E-state index in [0.717, 1.165) is 21.9 Å². The molecule has 1 atom stereocenters. The molecule has 2 aromatic rings. The van der Waals surface area contributed by atoms with Gasteiger partial charge in [-0.25, -0.2) is 0 Å². The van der Waals surface area contributed by atoms with Gasteiger partial charge in [0.1, 0.15) is 0 Å².